The van der Waals surface area contributed by atoms with E-state index in [4.69, 9.17) is 5.26 Å². The molecule has 0 atom stereocenters. The fraction of sp³-hybridized carbons (Fsp3) is 0.462. The fourth-order valence-electron chi connectivity index (χ4n) is 1.72. The van der Waals surface area contributed by atoms with Crippen LogP contribution in [0.3, 0.4) is 0 Å². The Hall–Kier alpha value is -1.74. The summed E-state index contributed by atoms with van der Waals surface area (Å²) in [7, 11) is 3.56. The first-order valence-corrected chi connectivity index (χ1v) is 5.87. The summed E-state index contributed by atoms with van der Waals surface area (Å²) in [5.74, 6) is 0. The SMILES string of the molecule is CNCCCN(C)c1ccc(C#N)c(C(F)(F)F)c1. The molecule has 0 bridgehead atoms. The lowest BCUT2D eigenvalue weighted by Gasteiger charge is -2.21. The van der Waals surface area contributed by atoms with Gasteiger partial charge in [-0.2, -0.15) is 18.4 Å². The van der Waals surface area contributed by atoms with E-state index >= 15 is 0 Å². The second-order valence-electron chi connectivity index (χ2n) is 4.22. The second kappa shape index (κ2) is 6.43. The van der Waals surface area contributed by atoms with E-state index in [2.05, 4.69) is 5.32 Å². The zero-order valence-electron chi connectivity index (χ0n) is 10.9. The molecule has 0 spiro atoms. The number of anilines is 1. The monoisotopic (exact) mass is 271 g/mol. The third-order valence-corrected chi connectivity index (χ3v) is 2.79. The van der Waals surface area contributed by atoms with Crippen molar-refractivity contribution in [2.24, 2.45) is 0 Å². The first kappa shape index (κ1) is 15.3. The van der Waals surface area contributed by atoms with Crippen LogP contribution in [0, 0.1) is 11.3 Å². The minimum atomic E-state index is -4.51. The van der Waals surface area contributed by atoms with Gasteiger partial charge in [0.05, 0.1) is 17.2 Å². The van der Waals surface area contributed by atoms with E-state index in [1.807, 2.05) is 7.05 Å². The number of benzene rings is 1. The standard InChI is InChI=1S/C13H16F3N3/c1-18-6-3-7-19(2)11-5-4-10(9-17)12(8-11)13(14,15)16/h4-5,8,18H,3,6-7H2,1-2H3. The van der Waals surface area contributed by atoms with Gasteiger partial charge in [-0.1, -0.05) is 0 Å². The Balaban J connectivity index is 2.96. The molecule has 1 rings (SSSR count). The van der Waals surface area contributed by atoms with Gasteiger partial charge in [0.1, 0.15) is 0 Å². The average Bonchev–Trinajstić information content (AvgIpc) is 2.37. The van der Waals surface area contributed by atoms with Crippen molar-refractivity contribution in [3.63, 3.8) is 0 Å². The Morgan fingerprint density at radius 2 is 2.05 bits per heavy atom. The average molecular weight is 271 g/mol. The van der Waals surface area contributed by atoms with Crippen LogP contribution in [0.25, 0.3) is 0 Å². The molecule has 0 aliphatic rings. The van der Waals surface area contributed by atoms with Crippen LogP contribution in [-0.2, 0) is 6.18 Å². The molecule has 0 saturated heterocycles. The van der Waals surface area contributed by atoms with E-state index in [0.29, 0.717) is 12.2 Å². The molecule has 0 aromatic heterocycles. The van der Waals surface area contributed by atoms with E-state index in [1.165, 1.54) is 12.1 Å². The van der Waals surface area contributed by atoms with Crippen LogP contribution in [-0.4, -0.2) is 27.2 Å². The van der Waals surface area contributed by atoms with E-state index < -0.39 is 11.7 Å². The van der Waals surface area contributed by atoms with Crippen LogP contribution in [0.4, 0.5) is 18.9 Å². The predicted molar refractivity (Wildman–Crippen MR) is 68.0 cm³/mol. The molecule has 0 saturated carbocycles. The summed E-state index contributed by atoms with van der Waals surface area (Å²) < 4.78 is 38.4. The van der Waals surface area contributed by atoms with Gasteiger partial charge in [-0.25, -0.2) is 0 Å². The number of hydrogen-bond donors (Lipinski definition) is 1. The number of nitrogens with one attached hydrogen (secondary N) is 1. The molecule has 1 aromatic rings. The summed E-state index contributed by atoms with van der Waals surface area (Å²) in [5, 5.41) is 11.7. The lowest BCUT2D eigenvalue weighted by atomic mass is 10.1. The first-order chi connectivity index (χ1) is 8.90. The Morgan fingerprint density at radius 1 is 1.37 bits per heavy atom. The van der Waals surface area contributed by atoms with Crippen LogP contribution < -0.4 is 10.2 Å². The summed E-state index contributed by atoms with van der Waals surface area (Å²) in [6, 6.07) is 5.35. The van der Waals surface area contributed by atoms with Gasteiger partial charge in [-0.05, 0) is 38.2 Å². The minimum Gasteiger partial charge on any atom is -0.375 e. The quantitative estimate of drug-likeness (QED) is 0.837. The molecule has 0 unspecified atom stereocenters. The third kappa shape index (κ3) is 4.14. The Morgan fingerprint density at radius 3 is 2.58 bits per heavy atom. The maximum Gasteiger partial charge on any atom is 0.417 e. The summed E-state index contributed by atoms with van der Waals surface area (Å²) in [4.78, 5) is 1.74. The molecule has 0 aliphatic heterocycles. The maximum absolute atomic E-state index is 12.8. The molecule has 19 heavy (non-hydrogen) atoms. The van der Waals surface area contributed by atoms with E-state index in [9.17, 15) is 13.2 Å². The highest BCUT2D eigenvalue weighted by molar-refractivity contribution is 5.54. The molecule has 0 amide bonds. The molecular weight excluding hydrogens is 255 g/mol. The van der Waals surface area contributed by atoms with Gasteiger partial charge in [0.2, 0.25) is 0 Å². The molecule has 0 heterocycles. The van der Waals surface area contributed by atoms with Crippen molar-refractivity contribution in [3.05, 3.63) is 29.3 Å². The molecule has 104 valence electrons. The number of halogens is 3. The van der Waals surface area contributed by atoms with Crippen molar-refractivity contribution in [2.45, 2.75) is 12.6 Å². The van der Waals surface area contributed by atoms with E-state index in [0.717, 1.165) is 19.0 Å². The third-order valence-electron chi connectivity index (χ3n) is 2.79. The highest BCUT2D eigenvalue weighted by Crippen LogP contribution is 2.34. The van der Waals surface area contributed by atoms with Gasteiger partial charge >= 0.3 is 6.18 Å². The number of nitrogens with zero attached hydrogens (tertiary/aromatic N) is 2. The Labute approximate surface area is 110 Å². The summed E-state index contributed by atoms with van der Waals surface area (Å²) in [6.07, 6.45) is -3.68. The first-order valence-electron chi connectivity index (χ1n) is 5.87. The lowest BCUT2D eigenvalue weighted by Crippen LogP contribution is -2.22. The van der Waals surface area contributed by atoms with E-state index in [1.54, 1.807) is 18.0 Å². The molecule has 1 aromatic carbocycles. The molecule has 1 N–H and O–H groups in total. The fourth-order valence-corrected chi connectivity index (χ4v) is 1.72. The minimum absolute atomic E-state index is 0.347. The van der Waals surface area contributed by atoms with Crippen molar-refractivity contribution in [1.82, 2.24) is 5.32 Å². The molecular formula is C13H16F3N3. The molecule has 3 nitrogen and oxygen atoms in total. The highest BCUT2D eigenvalue weighted by atomic mass is 19.4. The zero-order chi connectivity index (χ0) is 14.5. The normalized spacial score (nSPS) is 11.2. The van der Waals surface area contributed by atoms with Crippen molar-refractivity contribution in [3.8, 4) is 6.07 Å². The second-order valence-corrected chi connectivity index (χ2v) is 4.22. The maximum atomic E-state index is 12.8. The van der Waals surface area contributed by atoms with E-state index in [-0.39, 0.29) is 5.56 Å². The number of alkyl halides is 3. The van der Waals surface area contributed by atoms with Gasteiger partial charge in [-0.3, -0.25) is 0 Å². The topological polar surface area (TPSA) is 39.1 Å². The van der Waals surface area contributed by atoms with Gasteiger partial charge in [0, 0.05) is 19.3 Å². The predicted octanol–water partition coefficient (Wildman–Crippen LogP) is 2.62. The van der Waals surface area contributed by atoms with Crippen LogP contribution in [0.5, 0.6) is 0 Å². The van der Waals surface area contributed by atoms with Crippen molar-refractivity contribution >= 4 is 5.69 Å². The summed E-state index contributed by atoms with van der Waals surface area (Å²) in [5.41, 5.74) is -0.768. The Kier molecular flexibility index (Phi) is 5.19. The van der Waals surface area contributed by atoms with Crippen LogP contribution in [0.1, 0.15) is 17.5 Å². The van der Waals surface area contributed by atoms with Gasteiger partial charge in [-0.15, -0.1) is 0 Å². The zero-order valence-corrected chi connectivity index (χ0v) is 10.9. The lowest BCUT2D eigenvalue weighted by molar-refractivity contribution is -0.137. The number of rotatable bonds is 5. The van der Waals surface area contributed by atoms with Gasteiger partial charge in [0.15, 0.2) is 0 Å². The highest BCUT2D eigenvalue weighted by Gasteiger charge is 2.34. The van der Waals surface area contributed by atoms with Crippen LogP contribution >= 0.6 is 0 Å². The molecule has 6 heteroatoms. The summed E-state index contributed by atoms with van der Waals surface area (Å²) in [6.45, 7) is 1.44. The molecule has 0 aliphatic carbocycles. The van der Waals surface area contributed by atoms with Crippen molar-refractivity contribution in [1.29, 1.82) is 5.26 Å². The largest absolute Gasteiger partial charge is 0.417 e. The number of hydrogen-bond acceptors (Lipinski definition) is 3. The molecule has 0 radical (unpaired) electrons. The Bertz CT molecular complexity index is 463. The smallest absolute Gasteiger partial charge is 0.375 e. The van der Waals surface area contributed by atoms with Gasteiger partial charge in [0.25, 0.3) is 0 Å². The number of nitriles is 1. The molecule has 0 fully saturated rings. The van der Waals surface area contributed by atoms with Crippen molar-refractivity contribution in [2.75, 3.05) is 32.1 Å². The van der Waals surface area contributed by atoms with Crippen molar-refractivity contribution < 1.29 is 13.2 Å². The van der Waals surface area contributed by atoms with Gasteiger partial charge < -0.3 is 10.2 Å². The van der Waals surface area contributed by atoms with Crippen LogP contribution in [0.2, 0.25) is 0 Å². The van der Waals surface area contributed by atoms with Crippen LogP contribution in [0.15, 0.2) is 18.2 Å². The summed E-state index contributed by atoms with van der Waals surface area (Å²) >= 11 is 0.